The monoisotopic (exact) mass is 246 g/mol. The van der Waals surface area contributed by atoms with Gasteiger partial charge in [-0.05, 0) is 43.4 Å². The molecule has 2 heterocycles. The van der Waals surface area contributed by atoms with Crippen molar-refractivity contribution in [1.82, 2.24) is 10.3 Å². The van der Waals surface area contributed by atoms with Gasteiger partial charge in [-0.1, -0.05) is 6.42 Å². The molecule has 1 aliphatic carbocycles. The first kappa shape index (κ1) is 10.5. The Morgan fingerprint density at radius 1 is 1.33 bits per heavy atom. The maximum absolute atomic E-state index is 13.1. The van der Waals surface area contributed by atoms with E-state index in [1.807, 2.05) is 0 Å². The van der Waals surface area contributed by atoms with Crippen molar-refractivity contribution in [3.8, 4) is 0 Å². The first-order chi connectivity index (χ1) is 8.81. The quantitative estimate of drug-likeness (QED) is 0.840. The second-order valence-electron chi connectivity index (χ2n) is 5.40. The van der Waals surface area contributed by atoms with Crippen molar-refractivity contribution in [3.05, 3.63) is 29.9 Å². The highest BCUT2D eigenvalue weighted by Crippen LogP contribution is 2.44. The molecule has 1 aliphatic heterocycles. The van der Waals surface area contributed by atoms with Gasteiger partial charge in [-0.3, -0.25) is 0 Å². The second-order valence-corrected chi connectivity index (χ2v) is 5.40. The van der Waals surface area contributed by atoms with Crippen molar-refractivity contribution in [2.75, 3.05) is 6.54 Å². The van der Waals surface area contributed by atoms with Crippen LogP contribution in [0.3, 0.4) is 0 Å². The van der Waals surface area contributed by atoms with Crippen LogP contribution in [0.5, 0.6) is 0 Å². The Balaban J connectivity index is 1.74. The highest BCUT2D eigenvalue weighted by molar-refractivity contribution is 5.72. The number of nitrogens with zero attached hydrogens (tertiary/aromatic N) is 1. The van der Waals surface area contributed by atoms with E-state index in [0.29, 0.717) is 17.0 Å². The van der Waals surface area contributed by atoms with E-state index in [1.54, 1.807) is 6.07 Å². The number of fused-ring (bicyclic) bond motifs is 2. The molecule has 1 saturated heterocycles. The lowest BCUT2D eigenvalue weighted by Gasteiger charge is -2.13. The molecular formula is C14H15FN2O. The van der Waals surface area contributed by atoms with E-state index in [4.69, 9.17) is 4.42 Å². The summed E-state index contributed by atoms with van der Waals surface area (Å²) in [7, 11) is 0. The Morgan fingerprint density at radius 3 is 3.22 bits per heavy atom. The standard InChI is InChI=1S/C14H15FN2O/c15-9-4-5-12-11(6-9)17-14(18-12)13-10-3-1-2-8(10)7-16-13/h4-6,8,10,13,16H,1-3,7H2. The van der Waals surface area contributed by atoms with Crippen LogP contribution in [0.2, 0.25) is 0 Å². The molecule has 2 aliphatic rings. The lowest BCUT2D eigenvalue weighted by Crippen LogP contribution is -2.17. The molecule has 1 aromatic heterocycles. The van der Waals surface area contributed by atoms with Gasteiger partial charge in [0.15, 0.2) is 5.58 Å². The zero-order valence-electron chi connectivity index (χ0n) is 10.0. The zero-order valence-corrected chi connectivity index (χ0v) is 10.0. The van der Waals surface area contributed by atoms with E-state index in [2.05, 4.69) is 10.3 Å². The van der Waals surface area contributed by atoms with E-state index in [-0.39, 0.29) is 11.9 Å². The number of hydrogen-bond donors (Lipinski definition) is 1. The molecule has 1 saturated carbocycles. The minimum absolute atomic E-state index is 0.216. The molecule has 2 fully saturated rings. The van der Waals surface area contributed by atoms with Gasteiger partial charge in [-0.25, -0.2) is 9.37 Å². The summed E-state index contributed by atoms with van der Waals surface area (Å²) in [6.45, 7) is 1.06. The minimum Gasteiger partial charge on any atom is -0.439 e. The smallest absolute Gasteiger partial charge is 0.212 e. The van der Waals surface area contributed by atoms with Gasteiger partial charge in [0, 0.05) is 6.07 Å². The molecule has 3 nitrogen and oxygen atoms in total. The fraction of sp³-hybridized carbons (Fsp3) is 0.500. The fourth-order valence-electron chi connectivity index (χ4n) is 3.51. The molecule has 0 amide bonds. The van der Waals surface area contributed by atoms with Crippen molar-refractivity contribution >= 4 is 11.1 Å². The van der Waals surface area contributed by atoms with Crippen LogP contribution in [0.1, 0.15) is 31.2 Å². The van der Waals surface area contributed by atoms with E-state index in [9.17, 15) is 4.39 Å². The normalized spacial score (nSPS) is 31.1. The van der Waals surface area contributed by atoms with E-state index in [0.717, 1.165) is 18.4 Å². The highest BCUT2D eigenvalue weighted by Gasteiger charge is 2.41. The Morgan fingerprint density at radius 2 is 2.28 bits per heavy atom. The minimum atomic E-state index is -0.263. The molecular weight excluding hydrogens is 231 g/mol. The molecule has 3 unspecified atom stereocenters. The van der Waals surface area contributed by atoms with Gasteiger partial charge in [0.2, 0.25) is 5.89 Å². The second kappa shape index (κ2) is 3.79. The largest absolute Gasteiger partial charge is 0.439 e. The van der Waals surface area contributed by atoms with Gasteiger partial charge in [-0.15, -0.1) is 0 Å². The predicted molar refractivity (Wildman–Crippen MR) is 65.5 cm³/mol. The molecule has 0 radical (unpaired) electrons. The highest BCUT2D eigenvalue weighted by atomic mass is 19.1. The lowest BCUT2D eigenvalue weighted by molar-refractivity contribution is 0.356. The molecule has 0 spiro atoms. The van der Waals surface area contributed by atoms with Crippen molar-refractivity contribution in [2.24, 2.45) is 11.8 Å². The van der Waals surface area contributed by atoms with Crippen molar-refractivity contribution < 1.29 is 8.81 Å². The van der Waals surface area contributed by atoms with Crippen LogP contribution in [-0.2, 0) is 0 Å². The number of benzene rings is 1. The maximum Gasteiger partial charge on any atom is 0.212 e. The molecule has 94 valence electrons. The maximum atomic E-state index is 13.1. The van der Waals surface area contributed by atoms with E-state index < -0.39 is 0 Å². The fourth-order valence-corrected chi connectivity index (χ4v) is 3.51. The topological polar surface area (TPSA) is 38.1 Å². The Kier molecular flexibility index (Phi) is 2.21. The molecule has 1 aromatic carbocycles. The van der Waals surface area contributed by atoms with Crippen LogP contribution in [-0.4, -0.2) is 11.5 Å². The molecule has 3 atom stereocenters. The van der Waals surface area contributed by atoms with Gasteiger partial charge in [0.25, 0.3) is 0 Å². The van der Waals surface area contributed by atoms with Gasteiger partial charge in [0.1, 0.15) is 11.3 Å². The summed E-state index contributed by atoms with van der Waals surface area (Å²) in [5.41, 5.74) is 1.29. The number of oxazole rings is 1. The first-order valence-electron chi connectivity index (χ1n) is 6.60. The van der Waals surface area contributed by atoms with Gasteiger partial charge in [0.05, 0.1) is 6.04 Å². The van der Waals surface area contributed by atoms with Gasteiger partial charge < -0.3 is 9.73 Å². The summed E-state index contributed by atoms with van der Waals surface area (Å²) in [6.07, 6.45) is 3.86. The van der Waals surface area contributed by atoms with Crippen LogP contribution in [0.15, 0.2) is 22.6 Å². The third kappa shape index (κ3) is 1.48. The first-order valence-corrected chi connectivity index (χ1v) is 6.60. The number of aromatic nitrogens is 1. The summed E-state index contributed by atoms with van der Waals surface area (Å²) in [4.78, 5) is 4.45. The molecule has 4 rings (SSSR count). The molecule has 18 heavy (non-hydrogen) atoms. The van der Waals surface area contributed by atoms with Gasteiger partial charge >= 0.3 is 0 Å². The summed E-state index contributed by atoms with van der Waals surface area (Å²) in [5.74, 6) is 1.87. The Labute approximate surface area is 104 Å². The van der Waals surface area contributed by atoms with Crippen molar-refractivity contribution in [1.29, 1.82) is 0 Å². The SMILES string of the molecule is Fc1ccc2oc(C3NCC4CCCC43)nc2c1. The third-order valence-corrected chi connectivity index (χ3v) is 4.38. The molecule has 1 N–H and O–H groups in total. The van der Waals surface area contributed by atoms with Crippen LogP contribution >= 0.6 is 0 Å². The number of hydrogen-bond acceptors (Lipinski definition) is 3. The van der Waals surface area contributed by atoms with Crippen molar-refractivity contribution in [2.45, 2.75) is 25.3 Å². The number of halogens is 1. The zero-order chi connectivity index (χ0) is 12.1. The summed E-state index contributed by atoms with van der Waals surface area (Å²) >= 11 is 0. The Bertz CT molecular complexity index is 594. The predicted octanol–water partition coefficient (Wildman–Crippen LogP) is 3.03. The average molecular weight is 246 g/mol. The number of nitrogens with one attached hydrogen (secondary N) is 1. The summed E-state index contributed by atoms with van der Waals surface area (Å²) < 4.78 is 18.9. The van der Waals surface area contributed by atoms with Crippen LogP contribution in [0.25, 0.3) is 11.1 Å². The molecule has 4 heteroatoms. The summed E-state index contributed by atoms with van der Waals surface area (Å²) in [5, 5.41) is 3.50. The molecule has 2 aromatic rings. The number of rotatable bonds is 1. The van der Waals surface area contributed by atoms with Crippen molar-refractivity contribution in [3.63, 3.8) is 0 Å². The van der Waals surface area contributed by atoms with E-state index >= 15 is 0 Å². The van der Waals surface area contributed by atoms with Crippen LogP contribution in [0, 0.1) is 17.7 Å². The van der Waals surface area contributed by atoms with Crippen LogP contribution < -0.4 is 5.32 Å². The third-order valence-electron chi connectivity index (χ3n) is 4.38. The lowest BCUT2D eigenvalue weighted by atomic mass is 9.94. The van der Waals surface area contributed by atoms with Gasteiger partial charge in [-0.2, -0.15) is 0 Å². The Hall–Kier alpha value is -1.42. The average Bonchev–Trinajstić information content (AvgIpc) is 3.00. The summed E-state index contributed by atoms with van der Waals surface area (Å²) in [6, 6.07) is 4.72. The van der Waals surface area contributed by atoms with Crippen LogP contribution in [0.4, 0.5) is 4.39 Å². The van der Waals surface area contributed by atoms with E-state index in [1.165, 1.54) is 31.4 Å². The molecule has 0 bridgehead atoms.